The molecule has 13 heteroatoms. The van der Waals surface area contributed by atoms with Crippen molar-refractivity contribution in [3.05, 3.63) is 11.6 Å². The van der Waals surface area contributed by atoms with Crippen LogP contribution in [0.1, 0.15) is 61.3 Å². The number of carbonyl (C=O) groups is 5. The summed E-state index contributed by atoms with van der Waals surface area (Å²) < 4.78 is 41.5. The third kappa shape index (κ3) is 4.26. The van der Waals surface area contributed by atoms with Crippen molar-refractivity contribution >= 4 is 29.8 Å². The van der Waals surface area contributed by atoms with Gasteiger partial charge in [-0.25, -0.2) is 4.79 Å². The molecule has 226 valence electrons. The maximum Gasteiger partial charge on any atom is 0.342 e. The van der Waals surface area contributed by atoms with E-state index in [-0.39, 0.29) is 18.4 Å². The largest absolute Gasteiger partial charge is 0.462 e. The Morgan fingerprint density at radius 2 is 1.46 bits per heavy atom. The summed E-state index contributed by atoms with van der Waals surface area (Å²) in [7, 11) is 0. The van der Waals surface area contributed by atoms with Gasteiger partial charge in [-0.15, -0.1) is 0 Å². The molecule has 5 aliphatic rings. The molecule has 0 aromatic rings. The zero-order valence-electron chi connectivity index (χ0n) is 24.1. The van der Waals surface area contributed by atoms with Gasteiger partial charge in [0.1, 0.15) is 24.4 Å². The van der Waals surface area contributed by atoms with E-state index in [0.29, 0.717) is 0 Å². The molecule has 0 unspecified atom stereocenters. The fourth-order valence-electron chi connectivity index (χ4n) is 7.65. The Labute approximate surface area is 236 Å². The Kier molecular flexibility index (Phi) is 6.82. The van der Waals surface area contributed by atoms with Gasteiger partial charge in [0.25, 0.3) is 0 Å². The molecule has 0 aromatic carbocycles. The lowest BCUT2D eigenvalue weighted by molar-refractivity contribution is -0.215. The van der Waals surface area contributed by atoms with Crippen LogP contribution in [0.5, 0.6) is 0 Å². The zero-order chi connectivity index (χ0) is 30.3. The predicted molar refractivity (Wildman–Crippen MR) is 134 cm³/mol. The fourth-order valence-corrected chi connectivity index (χ4v) is 7.65. The van der Waals surface area contributed by atoms with Gasteiger partial charge in [0, 0.05) is 46.5 Å². The van der Waals surface area contributed by atoms with Gasteiger partial charge >= 0.3 is 29.8 Å². The standard InChI is InChI=1S/C28H36O13/c1-12(30)35-17-9-18(36-13(2)31)25(5)19(37-14(3)32)10-20-26(6,40-20)22(25)23(38-15(4)33)28-21(8-16(17)11-29)39-24(34)27(28,7)41-28/h8,17-23,29H,9-11H2,1-7H3/b16-8-/t17-,18+,19+,20+,21+,22-,23+,25+,26+,27+,28+/m1/s1. The number of aliphatic hydroxyl groups is 1. The molecule has 2 aliphatic carbocycles. The third-order valence-corrected chi connectivity index (χ3v) is 9.54. The van der Waals surface area contributed by atoms with Gasteiger partial charge in [0.15, 0.2) is 17.3 Å². The first kappa shape index (κ1) is 29.5. The molecule has 41 heavy (non-hydrogen) atoms. The first-order valence-electron chi connectivity index (χ1n) is 13.6. The molecular weight excluding hydrogens is 544 g/mol. The summed E-state index contributed by atoms with van der Waals surface area (Å²) in [5.41, 5.74) is -5.31. The van der Waals surface area contributed by atoms with Gasteiger partial charge in [-0.05, 0) is 25.5 Å². The van der Waals surface area contributed by atoms with Crippen molar-refractivity contribution in [2.75, 3.05) is 6.61 Å². The normalized spacial score (nSPS) is 47.0. The molecule has 3 saturated heterocycles. The van der Waals surface area contributed by atoms with E-state index in [0.717, 1.165) is 0 Å². The maximum atomic E-state index is 13.2. The molecule has 1 saturated carbocycles. The Morgan fingerprint density at radius 3 is 1.98 bits per heavy atom. The predicted octanol–water partition coefficient (Wildman–Crippen LogP) is 0.672. The van der Waals surface area contributed by atoms with Crippen molar-refractivity contribution in [2.24, 2.45) is 11.3 Å². The minimum atomic E-state index is -1.58. The average molecular weight is 581 g/mol. The van der Waals surface area contributed by atoms with Crippen molar-refractivity contribution in [3.63, 3.8) is 0 Å². The second-order valence-electron chi connectivity index (χ2n) is 12.1. The number of rotatable bonds is 5. The Balaban J connectivity index is 1.81. The van der Waals surface area contributed by atoms with Crippen LogP contribution in [0.4, 0.5) is 0 Å². The number of epoxide rings is 2. The summed E-state index contributed by atoms with van der Waals surface area (Å²) in [6.07, 6.45) is -4.46. The summed E-state index contributed by atoms with van der Waals surface area (Å²) in [4.78, 5) is 63.0. The van der Waals surface area contributed by atoms with Gasteiger partial charge in [0.2, 0.25) is 0 Å². The maximum absolute atomic E-state index is 13.2. The quantitative estimate of drug-likeness (QED) is 0.208. The summed E-state index contributed by atoms with van der Waals surface area (Å²) >= 11 is 0. The molecule has 3 aliphatic heterocycles. The van der Waals surface area contributed by atoms with E-state index in [4.69, 9.17) is 33.2 Å². The van der Waals surface area contributed by atoms with Crippen LogP contribution in [0, 0.1) is 11.3 Å². The van der Waals surface area contributed by atoms with Gasteiger partial charge in [-0.2, -0.15) is 0 Å². The highest BCUT2D eigenvalue weighted by Crippen LogP contribution is 2.69. The van der Waals surface area contributed by atoms with E-state index in [2.05, 4.69) is 0 Å². The van der Waals surface area contributed by atoms with Crippen LogP contribution < -0.4 is 0 Å². The summed E-state index contributed by atoms with van der Waals surface area (Å²) in [5.74, 6) is -4.20. The zero-order valence-corrected chi connectivity index (χ0v) is 24.1. The number of hydrogen-bond donors (Lipinski definition) is 1. The Morgan fingerprint density at radius 1 is 0.902 bits per heavy atom. The van der Waals surface area contributed by atoms with Crippen molar-refractivity contribution < 1.29 is 62.2 Å². The molecule has 11 atom stereocenters. The van der Waals surface area contributed by atoms with E-state index < -0.39 is 101 Å². The van der Waals surface area contributed by atoms with Crippen LogP contribution in [-0.4, -0.2) is 95.0 Å². The van der Waals surface area contributed by atoms with Crippen molar-refractivity contribution in [2.45, 2.75) is 115 Å². The fraction of sp³-hybridized carbons (Fsp3) is 0.750. The molecule has 0 bridgehead atoms. The number of aliphatic hydroxyl groups excluding tert-OH is 1. The van der Waals surface area contributed by atoms with Crippen LogP contribution >= 0.6 is 0 Å². The number of fused-ring (bicyclic) bond motifs is 3. The van der Waals surface area contributed by atoms with E-state index in [1.807, 2.05) is 6.92 Å². The minimum Gasteiger partial charge on any atom is -0.462 e. The van der Waals surface area contributed by atoms with E-state index >= 15 is 0 Å². The topological polar surface area (TPSA) is 177 Å². The number of esters is 5. The first-order valence-corrected chi connectivity index (χ1v) is 13.6. The summed E-state index contributed by atoms with van der Waals surface area (Å²) in [6.45, 7) is 9.34. The third-order valence-electron chi connectivity index (χ3n) is 9.54. The highest BCUT2D eigenvalue weighted by atomic mass is 16.7. The van der Waals surface area contributed by atoms with E-state index in [1.54, 1.807) is 6.92 Å². The van der Waals surface area contributed by atoms with Crippen LogP contribution in [0.2, 0.25) is 0 Å². The lowest BCUT2D eigenvalue weighted by atomic mass is 9.53. The van der Waals surface area contributed by atoms with Crippen molar-refractivity contribution in [3.8, 4) is 0 Å². The van der Waals surface area contributed by atoms with Crippen LogP contribution in [0.3, 0.4) is 0 Å². The molecular formula is C28H36O13. The smallest absolute Gasteiger partial charge is 0.342 e. The van der Waals surface area contributed by atoms with Gasteiger partial charge < -0.3 is 38.3 Å². The minimum absolute atomic E-state index is 0.157. The molecule has 5 rings (SSSR count). The monoisotopic (exact) mass is 580 g/mol. The molecule has 0 amide bonds. The van der Waals surface area contributed by atoms with Crippen molar-refractivity contribution in [1.29, 1.82) is 0 Å². The molecule has 3 heterocycles. The molecule has 1 spiro atoms. The second kappa shape index (κ2) is 9.50. The summed E-state index contributed by atoms with van der Waals surface area (Å²) in [5, 5.41) is 10.4. The highest BCUT2D eigenvalue weighted by molar-refractivity contribution is 5.89. The Bertz CT molecular complexity index is 1230. The van der Waals surface area contributed by atoms with Crippen molar-refractivity contribution in [1.82, 2.24) is 0 Å². The number of carbonyl (C=O) groups excluding carboxylic acids is 5. The SMILES string of the molecule is CC(=O)O[C@H]1C[C@@H]2O[C@]2(C)[C@@H]2[C@H](OC(C)=O)[C@]34O[C@@]3(C)C(=O)O[C@H]4/C=C(/CO)[C@H](OC(C)=O)C[C@H](OC(C)=O)[C@@]12C. The van der Waals surface area contributed by atoms with Crippen LogP contribution in [-0.2, 0) is 57.1 Å². The van der Waals surface area contributed by atoms with Gasteiger partial charge in [0.05, 0.1) is 23.7 Å². The second-order valence-corrected chi connectivity index (χ2v) is 12.1. The number of ether oxygens (including phenoxy) is 7. The molecule has 13 nitrogen and oxygen atoms in total. The lowest BCUT2D eigenvalue weighted by Gasteiger charge is -2.54. The first-order chi connectivity index (χ1) is 19.0. The molecule has 0 radical (unpaired) electrons. The van der Waals surface area contributed by atoms with E-state index in [1.165, 1.54) is 40.7 Å². The van der Waals surface area contributed by atoms with Crippen LogP contribution in [0.25, 0.3) is 0 Å². The van der Waals surface area contributed by atoms with E-state index in [9.17, 15) is 29.1 Å². The molecule has 4 fully saturated rings. The van der Waals surface area contributed by atoms with Crippen LogP contribution in [0.15, 0.2) is 11.6 Å². The Hall–Kier alpha value is -3.03. The summed E-state index contributed by atoms with van der Waals surface area (Å²) in [6, 6.07) is 0. The number of hydrogen-bond acceptors (Lipinski definition) is 13. The average Bonchev–Trinajstić information content (AvgIpc) is 3.68. The van der Waals surface area contributed by atoms with Gasteiger partial charge in [-0.3, -0.25) is 19.2 Å². The molecule has 1 N–H and O–H groups in total. The highest BCUT2D eigenvalue weighted by Gasteiger charge is 2.89. The lowest BCUT2D eigenvalue weighted by Crippen LogP contribution is -2.66. The molecule has 0 aromatic heterocycles. The van der Waals surface area contributed by atoms with Gasteiger partial charge in [-0.1, -0.05) is 6.92 Å².